The van der Waals surface area contributed by atoms with Gasteiger partial charge in [0.25, 0.3) is 5.91 Å². The van der Waals surface area contributed by atoms with Crippen LogP contribution in [0.15, 0.2) is 42.5 Å². The molecule has 1 N–H and O–H groups in total. The Morgan fingerprint density at radius 1 is 1.13 bits per heavy atom. The molecule has 164 valence electrons. The Morgan fingerprint density at radius 2 is 1.81 bits per heavy atom. The summed E-state index contributed by atoms with van der Waals surface area (Å²) in [6.07, 6.45) is -4.59. The van der Waals surface area contributed by atoms with Gasteiger partial charge >= 0.3 is 12.1 Å². The summed E-state index contributed by atoms with van der Waals surface area (Å²) in [7, 11) is 1.54. The summed E-state index contributed by atoms with van der Waals surface area (Å²) in [6, 6.07) is 11.7. The molecule has 0 unspecified atom stereocenters. The molecule has 0 fully saturated rings. The van der Waals surface area contributed by atoms with E-state index in [4.69, 9.17) is 9.47 Å². The van der Waals surface area contributed by atoms with Crippen molar-refractivity contribution >= 4 is 28.5 Å². The third-order valence-electron chi connectivity index (χ3n) is 4.63. The zero-order valence-electron chi connectivity index (χ0n) is 17.2. The van der Waals surface area contributed by atoms with Crippen LogP contribution < -0.4 is 10.1 Å². The number of amides is 1. The van der Waals surface area contributed by atoms with Gasteiger partial charge in [0.2, 0.25) is 0 Å². The molecule has 9 heteroatoms. The second kappa shape index (κ2) is 8.71. The number of nitrogens with one attached hydrogen (secondary N) is 1. The number of hydrogen-bond acceptors (Lipinski definition) is 4. The molecule has 0 bridgehead atoms. The monoisotopic (exact) mass is 434 g/mol. The Kier molecular flexibility index (Phi) is 6.24. The predicted octanol–water partition coefficient (Wildman–Crippen LogP) is 4.86. The van der Waals surface area contributed by atoms with Crippen LogP contribution >= 0.6 is 0 Å². The molecule has 0 saturated heterocycles. The number of anilines is 1. The lowest BCUT2D eigenvalue weighted by atomic mass is 10.1. The molecule has 0 aliphatic carbocycles. The highest BCUT2D eigenvalue weighted by Gasteiger charge is 2.32. The minimum Gasteiger partial charge on any atom is -0.481 e. The standard InChI is InChI=1S/C22H21F3N2O4/c1-4-30-21(29)18-19(31-12-22(23,24)25)15-11-16(13(2)10-17(15)27(18)3)26-20(28)14-8-6-5-7-9-14/h5-11H,4,12H2,1-3H3,(H,26,28). The quantitative estimate of drug-likeness (QED) is 0.563. The average Bonchev–Trinajstić information content (AvgIpc) is 2.98. The number of halogens is 3. The summed E-state index contributed by atoms with van der Waals surface area (Å²) >= 11 is 0. The number of rotatable bonds is 6. The first kappa shape index (κ1) is 22.2. The molecular formula is C22H21F3N2O4. The topological polar surface area (TPSA) is 69.6 Å². The first-order valence-corrected chi connectivity index (χ1v) is 9.48. The van der Waals surface area contributed by atoms with Crippen LogP contribution in [-0.4, -0.2) is 35.8 Å². The van der Waals surface area contributed by atoms with Crippen LogP contribution in [0.25, 0.3) is 10.9 Å². The lowest BCUT2D eigenvalue weighted by molar-refractivity contribution is -0.153. The van der Waals surface area contributed by atoms with Crippen LogP contribution in [0.2, 0.25) is 0 Å². The Hall–Kier alpha value is -3.49. The van der Waals surface area contributed by atoms with Crippen molar-refractivity contribution in [1.29, 1.82) is 0 Å². The summed E-state index contributed by atoms with van der Waals surface area (Å²) in [5, 5.41) is 3.01. The van der Waals surface area contributed by atoms with Gasteiger partial charge < -0.3 is 19.4 Å². The van der Waals surface area contributed by atoms with E-state index in [0.29, 0.717) is 22.3 Å². The Morgan fingerprint density at radius 3 is 2.42 bits per heavy atom. The largest absolute Gasteiger partial charge is 0.481 e. The summed E-state index contributed by atoms with van der Waals surface area (Å²) in [5.74, 6) is -1.42. The zero-order valence-corrected chi connectivity index (χ0v) is 17.2. The first-order valence-electron chi connectivity index (χ1n) is 9.48. The van der Waals surface area contributed by atoms with Crippen molar-refractivity contribution in [2.45, 2.75) is 20.0 Å². The molecule has 0 radical (unpaired) electrons. The van der Waals surface area contributed by atoms with Crippen LogP contribution in [0, 0.1) is 6.92 Å². The van der Waals surface area contributed by atoms with E-state index in [2.05, 4.69) is 5.32 Å². The van der Waals surface area contributed by atoms with Gasteiger partial charge in [0.1, 0.15) is 0 Å². The van der Waals surface area contributed by atoms with Gasteiger partial charge in [-0.3, -0.25) is 4.79 Å². The third kappa shape index (κ3) is 4.82. The highest BCUT2D eigenvalue weighted by Crippen LogP contribution is 2.37. The molecule has 0 aliphatic heterocycles. The van der Waals surface area contributed by atoms with Crippen LogP contribution in [0.1, 0.15) is 33.3 Å². The number of alkyl halides is 3. The van der Waals surface area contributed by atoms with Crippen molar-refractivity contribution < 1.29 is 32.2 Å². The molecule has 6 nitrogen and oxygen atoms in total. The smallest absolute Gasteiger partial charge is 0.422 e. The molecule has 1 aromatic heterocycles. The van der Waals surface area contributed by atoms with E-state index in [-0.39, 0.29) is 29.3 Å². The Labute approximate surface area is 176 Å². The van der Waals surface area contributed by atoms with Crippen molar-refractivity contribution in [1.82, 2.24) is 4.57 Å². The molecule has 3 aromatic rings. The van der Waals surface area contributed by atoms with Crippen LogP contribution in [0.4, 0.5) is 18.9 Å². The number of ether oxygens (including phenoxy) is 2. The maximum Gasteiger partial charge on any atom is 0.422 e. The van der Waals surface area contributed by atoms with Gasteiger partial charge in [-0.05, 0) is 43.7 Å². The maximum atomic E-state index is 12.8. The van der Waals surface area contributed by atoms with E-state index >= 15 is 0 Å². The normalized spacial score (nSPS) is 11.4. The Balaban J connectivity index is 2.10. The van der Waals surface area contributed by atoms with Crippen LogP contribution in [0.5, 0.6) is 5.75 Å². The van der Waals surface area contributed by atoms with E-state index in [1.54, 1.807) is 50.2 Å². The first-order chi connectivity index (χ1) is 14.6. The molecule has 2 aromatic carbocycles. The number of benzene rings is 2. The fraction of sp³-hybridized carbons (Fsp3) is 0.273. The summed E-state index contributed by atoms with van der Waals surface area (Å²) < 4.78 is 49.9. The van der Waals surface area contributed by atoms with Crippen molar-refractivity contribution in [3.8, 4) is 5.75 Å². The third-order valence-corrected chi connectivity index (χ3v) is 4.63. The van der Waals surface area contributed by atoms with Crippen molar-refractivity contribution in [2.75, 3.05) is 18.5 Å². The highest BCUT2D eigenvalue weighted by molar-refractivity contribution is 6.07. The molecule has 31 heavy (non-hydrogen) atoms. The number of fused-ring (bicyclic) bond motifs is 1. The number of aromatic nitrogens is 1. The maximum absolute atomic E-state index is 12.8. The Bertz CT molecular complexity index is 1120. The van der Waals surface area contributed by atoms with E-state index in [0.717, 1.165) is 0 Å². The molecule has 0 saturated carbocycles. The molecule has 0 aliphatic rings. The molecule has 0 atom stereocenters. The van der Waals surface area contributed by atoms with Gasteiger partial charge in [0.15, 0.2) is 18.1 Å². The van der Waals surface area contributed by atoms with E-state index < -0.39 is 18.8 Å². The molecule has 0 spiro atoms. The summed E-state index contributed by atoms with van der Waals surface area (Å²) in [5.41, 5.74) is 1.81. The van der Waals surface area contributed by atoms with E-state index in [9.17, 15) is 22.8 Å². The number of nitrogens with zero attached hydrogens (tertiary/aromatic N) is 1. The van der Waals surface area contributed by atoms with Gasteiger partial charge in [-0.1, -0.05) is 18.2 Å². The van der Waals surface area contributed by atoms with E-state index in [1.165, 1.54) is 17.7 Å². The van der Waals surface area contributed by atoms with Crippen molar-refractivity contribution in [3.63, 3.8) is 0 Å². The lowest BCUT2D eigenvalue weighted by Gasteiger charge is -2.12. The fourth-order valence-corrected chi connectivity index (χ4v) is 3.20. The van der Waals surface area contributed by atoms with Gasteiger partial charge in [-0.15, -0.1) is 0 Å². The SMILES string of the molecule is CCOC(=O)c1c(OCC(F)(F)F)c2cc(NC(=O)c3ccccc3)c(C)cc2n1C. The van der Waals surface area contributed by atoms with Crippen molar-refractivity contribution in [3.05, 3.63) is 59.3 Å². The number of esters is 1. The second-order valence-corrected chi connectivity index (χ2v) is 6.87. The molecule has 1 amide bonds. The van der Waals surface area contributed by atoms with Gasteiger partial charge in [-0.2, -0.15) is 13.2 Å². The number of carbonyl (C=O) groups is 2. The fourth-order valence-electron chi connectivity index (χ4n) is 3.20. The number of carbonyl (C=O) groups excluding carboxylic acids is 2. The number of hydrogen-bond donors (Lipinski definition) is 1. The predicted molar refractivity (Wildman–Crippen MR) is 110 cm³/mol. The highest BCUT2D eigenvalue weighted by atomic mass is 19.4. The average molecular weight is 434 g/mol. The summed E-state index contributed by atoms with van der Waals surface area (Å²) in [4.78, 5) is 25.0. The van der Waals surface area contributed by atoms with Gasteiger partial charge in [0, 0.05) is 23.7 Å². The minimum absolute atomic E-state index is 0.0521. The minimum atomic E-state index is -4.59. The second-order valence-electron chi connectivity index (χ2n) is 6.87. The molecule has 3 rings (SSSR count). The number of aryl methyl sites for hydroxylation is 2. The van der Waals surface area contributed by atoms with E-state index in [1.807, 2.05) is 0 Å². The van der Waals surface area contributed by atoms with Crippen molar-refractivity contribution in [2.24, 2.45) is 7.05 Å². The van der Waals surface area contributed by atoms with Crippen LogP contribution in [0.3, 0.4) is 0 Å². The van der Waals surface area contributed by atoms with Gasteiger partial charge in [-0.25, -0.2) is 4.79 Å². The summed E-state index contributed by atoms with van der Waals surface area (Å²) in [6.45, 7) is 1.82. The van der Waals surface area contributed by atoms with Gasteiger partial charge in [0.05, 0.1) is 12.1 Å². The zero-order chi connectivity index (χ0) is 22.8. The van der Waals surface area contributed by atoms with Crippen LogP contribution in [-0.2, 0) is 11.8 Å². The molecule has 1 heterocycles. The molecular weight excluding hydrogens is 413 g/mol. The lowest BCUT2D eigenvalue weighted by Crippen LogP contribution is -2.20.